The van der Waals surface area contributed by atoms with Gasteiger partial charge < -0.3 is 15.8 Å². The third kappa shape index (κ3) is 3.12. The Kier molecular flexibility index (Phi) is 4.15. The molecule has 0 aromatic rings. The Bertz CT molecular complexity index is 270. The van der Waals surface area contributed by atoms with E-state index in [2.05, 4.69) is 5.32 Å². The zero-order chi connectivity index (χ0) is 12.2. The molecule has 0 unspecified atom stereocenters. The fraction of sp³-hybridized carbons (Fsp3) is 0.818. The number of alkyl carbamates (subject to hydrolysis) is 1. The molecule has 0 heterocycles. The molecule has 1 rings (SSSR count). The van der Waals surface area contributed by atoms with Crippen LogP contribution in [0, 0.1) is 5.41 Å². The number of amides is 1. The van der Waals surface area contributed by atoms with E-state index >= 15 is 0 Å². The van der Waals surface area contributed by atoms with Gasteiger partial charge in [0.05, 0.1) is 11.6 Å². The molecule has 5 heteroatoms. The first-order chi connectivity index (χ1) is 7.46. The highest BCUT2D eigenvalue weighted by molar-refractivity contribution is 5.90. The van der Waals surface area contributed by atoms with Gasteiger partial charge in [0.25, 0.3) is 0 Å². The number of hydrogen-bond acceptors (Lipinski definition) is 3. The Morgan fingerprint density at radius 2 is 1.94 bits per heavy atom. The molecule has 5 nitrogen and oxygen atoms in total. The first-order valence-electron chi connectivity index (χ1n) is 5.79. The number of nitrogens with two attached hydrogens (primary N) is 1. The number of hydrogen-bond donors (Lipinski definition) is 3. The molecule has 0 aromatic carbocycles. The standard InChI is InChI=1S/C11H21N3O2/c1-8(2)16-10(15)14-11(9(12)13)6-4-3-5-7-11/h8H,3-7H2,1-2H3,(H3,12,13)(H,14,15). The molecule has 1 saturated carbocycles. The van der Waals surface area contributed by atoms with Crippen LogP contribution in [0.1, 0.15) is 46.0 Å². The molecule has 16 heavy (non-hydrogen) atoms. The second-order valence-corrected chi connectivity index (χ2v) is 4.64. The van der Waals surface area contributed by atoms with Crippen LogP contribution in [0.5, 0.6) is 0 Å². The van der Waals surface area contributed by atoms with Gasteiger partial charge in [0.1, 0.15) is 5.84 Å². The fourth-order valence-corrected chi connectivity index (χ4v) is 2.06. The molecule has 92 valence electrons. The monoisotopic (exact) mass is 227 g/mol. The lowest BCUT2D eigenvalue weighted by molar-refractivity contribution is 0.105. The van der Waals surface area contributed by atoms with Crippen LogP contribution in [0.4, 0.5) is 4.79 Å². The SMILES string of the molecule is CC(C)OC(=O)NC1(C(=N)N)CCCCC1. The van der Waals surface area contributed by atoms with Crippen LogP contribution in [0.15, 0.2) is 0 Å². The van der Waals surface area contributed by atoms with Crippen molar-refractivity contribution in [2.75, 3.05) is 0 Å². The van der Waals surface area contributed by atoms with Crippen molar-refractivity contribution in [1.29, 1.82) is 5.41 Å². The Balaban J connectivity index is 2.64. The lowest BCUT2D eigenvalue weighted by Crippen LogP contribution is -2.58. The highest BCUT2D eigenvalue weighted by Crippen LogP contribution is 2.28. The summed E-state index contributed by atoms with van der Waals surface area (Å²) < 4.78 is 5.03. The topological polar surface area (TPSA) is 88.2 Å². The van der Waals surface area contributed by atoms with Crippen LogP contribution in [0.25, 0.3) is 0 Å². The van der Waals surface area contributed by atoms with E-state index in [1.165, 1.54) is 0 Å². The van der Waals surface area contributed by atoms with Crippen molar-refractivity contribution in [3.05, 3.63) is 0 Å². The highest BCUT2D eigenvalue weighted by atomic mass is 16.6. The number of rotatable bonds is 3. The first-order valence-corrected chi connectivity index (χ1v) is 5.79. The molecule has 0 saturated heterocycles. The molecule has 1 aliphatic rings. The quantitative estimate of drug-likeness (QED) is 0.507. The maximum absolute atomic E-state index is 11.5. The van der Waals surface area contributed by atoms with Gasteiger partial charge in [-0.3, -0.25) is 5.41 Å². The van der Waals surface area contributed by atoms with Crippen LogP contribution >= 0.6 is 0 Å². The van der Waals surface area contributed by atoms with E-state index in [1.54, 1.807) is 13.8 Å². The second kappa shape index (κ2) is 5.18. The van der Waals surface area contributed by atoms with E-state index in [0.29, 0.717) is 0 Å². The van der Waals surface area contributed by atoms with Crippen molar-refractivity contribution in [2.24, 2.45) is 5.73 Å². The van der Waals surface area contributed by atoms with Crippen molar-refractivity contribution >= 4 is 11.9 Å². The van der Waals surface area contributed by atoms with Gasteiger partial charge in [-0.15, -0.1) is 0 Å². The first kappa shape index (κ1) is 12.8. The Morgan fingerprint density at radius 1 is 1.38 bits per heavy atom. The third-order valence-electron chi connectivity index (χ3n) is 2.91. The minimum atomic E-state index is -0.676. The van der Waals surface area contributed by atoms with E-state index < -0.39 is 11.6 Å². The molecule has 0 spiro atoms. The zero-order valence-electron chi connectivity index (χ0n) is 10.0. The molecule has 1 amide bonds. The zero-order valence-corrected chi connectivity index (χ0v) is 10.0. The van der Waals surface area contributed by atoms with E-state index in [9.17, 15) is 4.79 Å². The van der Waals surface area contributed by atoms with Gasteiger partial charge in [-0.05, 0) is 26.7 Å². The molecule has 0 aliphatic heterocycles. The minimum Gasteiger partial charge on any atom is -0.447 e. The van der Waals surface area contributed by atoms with E-state index in [1.807, 2.05) is 0 Å². The molecule has 0 atom stereocenters. The molecular weight excluding hydrogens is 206 g/mol. The van der Waals surface area contributed by atoms with Crippen molar-refractivity contribution < 1.29 is 9.53 Å². The summed E-state index contributed by atoms with van der Waals surface area (Å²) in [5, 5.41) is 10.4. The summed E-state index contributed by atoms with van der Waals surface area (Å²) >= 11 is 0. The maximum Gasteiger partial charge on any atom is 0.408 e. The number of ether oxygens (including phenoxy) is 1. The average molecular weight is 227 g/mol. The van der Waals surface area contributed by atoms with Crippen LogP contribution in [-0.4, -0.2) is 23.6 Å². The minimum absolute atomic E-state index is 0.0351. The van der Waals surface area contributed by atoms with Crippen molar-refractivity contribution in [3.8, 4) is 0 Å². The lowest BCUT2D eigenvalue weighted by atomic mass is 9.81. The van der Waals surface area contributed by atoms with E-state index in [-0.39, 0.29) is 11.9 Å². The van der Waals surface area contributed by atoms with Gasteiger partial charge in [-0.1, -0.05) is 19.3 Å². The summed E-state index contributed by atoms with van der Waals surface area (Å²) in [5.41, 5.74) is 4.92. The molecule has 0 bridgehead atoms. The van der Waals surface area contributed by atoms with Gasteiger partial charge in [-0.2, -0.15) is 0 Å². The van der Waals surface area contributed by atoms with E-state index in [4.69, 9.17) is 15.9 Å². The number of amidine groups is 1. The number of nitrogens with one attached hydrogen (secondary N) is 2. The van der Waals surface area contributed by atoms with Crippen molar-refractivity contribution in [1.82, 2.24) is 5.32 Å². The van der Waals surface area contributed by atoms with Crippen molar-refractivity contribution in [2.45, 2.75) is 57.6 Å². The van der Waals surface area contributed by atoms with Gasteiger partial charge in [0.2, 0.25) is 0 Å². The molecule has 1 aliphatic carbocycles. The number of carbonyl (C=O) groups is 1. The van der Waals surface area contributed by atoms with Crippen LogP contribution in [0.2, 0.25) is 0 Å². The van der Waals surface area contributed by atoms with Crippen LogP contribution in [-0.2, 0) is 4.74 Å². The largest absolute Gasteiger partial charge is 0.447 e. The van der Waals surface area contributed by atoms with Crippen molar-refractivity contribution in [3.63, 3.8) is 0 Å². The normalized spacial score (nSPS) is 19.2. The summed E-state index contributed by atoms with van der Waals surface area (Å²) in [4.78, 5) is 11.5. The molecular formula is C11H21N3O2. The predicted molar refractivity (Wildman–Crippen MR) is 62.5 cm³/mol. The van der Waals surface area contributed by atoms with Gasteiger partial charge in [0.15, 0.2) is 0 Å². The summed E-state index contributed by atoms with van der Waals surface area (Å²) in [6.45, 7) is 3.59. The van der Waals surface area contributed by atoms with E-state index in [0.717, 1.165) is 32.1 Å². The van der Waals surface area contributed by atoms with Gasteiger partial charge in [-0.25, -0.2) is 4.79 Å². The van der Waals surface area contributed by atoms with Crippen LogP contribution < -0.4 is 11.1 Å². The molecule has 4 N–H and O–H groups in total. The molecule has 0 radical (unpaired) electrons. The predicted octanol–water partition coefficient (Wildman–Crippen LogP) is 1.76. The fourth-order valence-electron chi connectivity index (χ4n) is 2.06. The maximum atomic E-state index is 11.5. The number of carbonyl (C=O) groups excluding carboxylic acids is 1. The average Bonchev–Trinajstić information content (AvgIpc) is 2.17. The van der Waals surface area contributed by atoms with Crippen LogP contribution in [0.3, 0.4) is 0 Å². The smallest absolute Gasteiger partial charge is 0.408 e. The highest BCUT2D eigenvalue weighted by Gasteiger charge is 2.37. The summed E-state index contributed by atoms with van der Waals surface area (Å²) in [6, 6.07) is 0. The second-order valence-electron chi connectivity index (χ2n) is 4.64. The summed E-state index contributed by atoms with van der Waals surface area (Å²) in [7, 11) is 0. The van der Waals surface area contributed by atoms with Gasteiger partial charge >= 0.3 is 6.09 Å². The lowest BCUT2D eigenvalue weighted by Gasteiger charge is -2.36. The van der Waals surface area contributed by atoms with Gasteiger partial charge in [0, 0.05) is 0 Å². The summed E-state index contributed by atoms with van der Waals surface area (Å²) in [6.07, 6.45) is 3.93. The Hall–Kier alpha value is -1.26. The summed E-state index contributed by atoms with van der Waals surface area (Å²) in [5.74, 6) is 0.0351. The Morgan fingerprint density at radius 3 is 2.38 bits per heavy atom. The Labute approximate surface area is 96.2 Å². The molecule has 1 fully saturated rings. The molecule has 0 aromatic heterocycles. The third-order valence-corrected chi connectivity index (χ3v) is 2.91.